The van der Waals surface area contributed by atoms with Crippen molar-refractivity contribution in [3.05, 3.63) is 77.4 Å². The summed E-state index contributed by atoms with van der Waals surface area (Å²) in [6.45, 7) is 3.58. The zero-order valence-corrected chi connectivity index (χ0v) is 19.3. The summed E-state index contributed by atoms with van der Waals surface area (Å²) in [6.07, 6.45) is 0.168. The second-order valence-electron chi connectivity index (χ2n) is 7.87. The predicted molar refractivity (Wildman–Crippen MR) is 129 cm³/mol. The topological polar surface area (TPSA) is 90.6 Å². The first-order chi connectivity index (χ1) is 16.4. The molecule has 1 heterocycles. The first-order valence-corrected chi connectivity index (χ1v) is 10.6. The molecule has 0 bridgehead atoms. The van der Waals surface area contributed by atoms with Crippen molar-refractivity contribution in [3.63, 3.8) is 0 Å². The van der Waals surface area contributed by atoms with E-state index in [0.717, 1.165) is 17.4 Å². The number of rotatable bonds is 5. The molecular formula is C27H24N2O5. The molecule has 0 saturated heterocycles. The third-order valence-corrected chi connectivity index (χ3v) is 5.67. The van der Waals surface area contributed by atoms with Crippen LogP contribution < -0.4 is 4.74 Å². The number of nitrogens with zero attached hydrogens (tertiary/aromatic N) is 2. The van der Waals surface area contributed by atoms with E-state index in [2.05, 4.69) is 0 Å². The standard InChI is InChI=1S/C27H24N2O5/c1-16-13-21(14-17(2)25(16)31)26-28-23(19-7-5-18(15-30)6-8-19)24(29(26)27(32)34-4)20-9-11-22(33-3)12-10-20/h5-15,31H,1-4H3. The smallest absolute Gasteiger partial charge is 0.420 e. The zero-order chi connectivity index (χ0) is 24.4. The Morgan fingerprint density at radius 3 is 2.03 bits per heavy atom. The number of aldehydes is 1. The molecule has 7 heteroatoms. The number of benzene rings is 3. The van der Waals surface area contributed by atoms with Crippen molar-refractivity contribution in [2.75, 3.05) is 14.2 Å². The summed E-state index contributed by atoms with van der Waals surface area (Å²) in [7, 11) is 2.90. The molecule has 0 fully saturated rings. The van der Waals surface area contributed by atoms with Crippen LogP contribution in [0, 0.1) is 13.8 Å². The average molecular weight is 456 g/mol. The Balaban J connectivity index is 2.06. The number of aromatic nitrogens is 2. The van der Waals surface area contributed by atoms with Crippen LogP contribution in [-0.4, -0.2) is 41.3 Å². The first-order valence-electron chi connectivity index (χ1n) is 10.6. The lowest BCUT2D eigenvalue weighted by Crippen LogP contribution is -2.14. The van der Waals surface area contributed by atoms with Crippen LogP contribution in [0.5, 0.6) is 11.5 Å². The van der Waals surface area contributed by atoms with Crippen LogP contribution in [0.2, 0.25) is 0 Å². The number of phenols is 1. The molecule has 0 unspecified atom stereocenters. The summed E-state index contributed by atoms with van der Waals surface area (Å²) < 4.78 is 11.9. The number of phenolic OH excluding ortho intramolecular Hbond substituents is 1. The van der Waals surface area contributed by atoms with Crippen molar-refractivity contribution >= 4 is 12.4 Å². The summed E-state index contributed by atoms with van der Waals surface area (Å²) in [5, 5.41) is 10.3. The molecule has 34 heavy (non-hydrogen) atoms. The Morgan fingerprint density at radius 1 is 0.912 bits per heavy atom. The largest absolute Gasteiger partial charge is 0.507 e. The third kappa shape index (κ3) is 4.03. The molecule has 0 amide bonds. The minimum atomic E-state index is -0.604. The molecular weight excluding hydrogens is 432 g/mol. The average Bonchev–Trinajstić information content (AvgIpc) is 3.27. The summed E-state index contributed by atoms with van der Waals surface area (Å²) in [5.41, 5.74) is 5.06. The summed E-state index contributed by atoms with van der Waals surface area (Å²) >= 11 is 0. The maximum absolute atomic E-state index is 13.1. The van der Waals surface area contributed by atoms with Gasteiger partial charge in [-0.3, -0.25) is 4.79 Å². The summed E-state index contributed by atoms with van der Waals surface area (Å²) in [5.74, 6) is 1.24. The van der Waals surface area contributed by atoms with Crippen LogP contribution in [0.3, 0.4) is 0 Å². The van der Waals surface area contributed by atoms with E-state index in [9.17, 15) is 14.7 Å². The fourth-order valence-electron chi connectivity index (χ4n) is 3.90. The second kappa shape index (κ2) is 9.23. The highest BCUT2D eigenvalue weighted by Crippen LogP contribution is 2.38. The van der Waals surface area contributed by atoms with Crippen LogP contribution in [0.25, 0.3) is 33.9 Å². The van der Waals surface area contributed by atoms with Crippen molar-refractivity contribution in [1.29, 1.82) is 0 Å². The molecule has 172 valence electrons. The van der Waals surface area contributed by atoms with Crippen LogP contribution in [0.15, 0.2) is 60.7 Å². The van der Waals surface area contributed by atoms with E-state index in [1.165, 1.54) is 11.7 Å². The first kappa shape index (κ1) is 22.8. The molecule has 1 N–H and O–H groups in total. The Labute approximate surface area is 197 Å². The Kier molecular flexibility index (Phi) is 6.19. The van der Waals surface area contributed by atoms with Gasteiger partial charge in [-0.15, -0.1) is 0 Å². The van der Waals surface area contributed by atoms with Crippen molar-refractivity contribution in [1.82, 2.24) is 9.55 Å². The van der Waals surface area contributed by atoms with E-state index < -0.39 is 6.09 Å². The molecule has 0 aliphatic carbocycles. The highest BCUT2D eigenvalue weighted by Gasteiger charge is 2.26. The van der Waals surface area contributed by atoms with Crippen LogP contribution in [0.1, 0.15) is 21.5 Å². The molecule has 7 nitrogen and oxygen atoms in total. The number of methoxy groups -OCH3 is 2. The maximum atomic E-state index is 13.1. The third-order valence-electron chi connectivity index (χ3n) is 5.67. The van der Waals surface area contributed by atoms with E-state index in [1.54, 1.807) is 69.5 Å². The van der Waals surface area contributed by atoms with E-state index in [1.807, 2.05) is 12.1 Å². The van der Waals surface area contributed by atoms with Gasteiger partial charge in [-0.1, -0.05) is 24.3 Å². The molecule has 0 aliphatic heterocycles. The van der Waals surface area contributed by atoms with Gasteiger partial charge < -0.3 is 14.6 Å². The van der Waals surface area contributed by atoms with Crippen LogP contribution in [0.4, 0.5) is 4.79 Å². The highest BCUT2D eigenvalue weighted by atomic mass is 16.5. The van der Waals surface area contributed by atoms with Gasteiger partial charge in [0.05, 0.1) is 25.6 Å². The Morgan fingerprint density at radius 2 is 1.50 bits per heavy atom. The van der Waals surface area contributed by atoms with E-state index in [4.69, 9.17) is 14.5 Å². The Hall–Kier alpha value is -4.39. The van der Waals surface area contributed by atoms with E-state index >= 15 is 0 Å². The molecule has 0 atom stereocenters. The molecule has 0 spiro atoms. The van der Waals surface area contributed by atoms with Gasteiger partial charge in [0.1, 0.15) is 17.8 Å². The van der Waals surface area contributed by atoms with Gasteiger partial charge in [-0.25, -0.2) is 14.3 Å². The SMILES string of the molecule is COC(=O)n1c(-c2cc(C)c(O)c(C)c2)nc(-c2ccc(C=O)cc2)c1-c1ccc(OC)cc1. The van der Waals surface area contributed by atoms with Gasteiger partial charge in [0.2, 0.25) is 0 Å². The fraction of sp³-hybridized carbons (Fsp3) is 0.148. The molecule has 0 aliphatic rings. The van der Waals surface area contributed by atoms with Gasteiger partial charge in [0.15, 0.2) is 5.82 Å². The molecule has 4 aromatic rings. The number of imidazole rings is 1. The predicted octanol–water partition coefficient (Wildman–Crippen LogP) is 5.64. The Bertz CT molecular complexity index is 1350. The number of aromatic hydroxyl groups is 1. The van der Waals surface area contributed by atoms with Gasteiger partial charge in [0.25, 0.3) is 0 Å². The number of aryl methyl sites for hydroxylation is 2. The molecule has 0 saturated carbocycles. The van der Waals surface area contributed by atoms with Crippen molar-refractivity contribution < 1.29 is 24.2 Å². The van der Waals surface area contributed by atoms with Crippen LogP contribution in [-0.2, 0) is 4.74 Å². The molecule has 0 radical (unpaired) electrons. The van der Waals surface area contributed by atoms with Gasteiger partial charge >= 0.3 is 6.09 Å². The lowest BCUT2D eigenvalue weighted by atomic mass is 10.0. The van der Waals surface area contributed by atoms with Crippen LogP contribution >= 0.6 is 0 Å². The van der Waals surface area contributed by atoms with Gasteiger partial charge in [-0.05, 0) is 61.4 Å². The normalized spacial score (nSPS) is 10.7. The number of carbonyl (C=O) groups excluding carboxylic acids is 2. The van der Waals surface area contributed by atoms with Crippen molar-refractivity contribution in [3.8, 4) is 45.4 Å². The molecule has 1 aromatic heterocycles. The lowest BCUT2D eigenvalue weighted by molar-refractivity contribution is 0.112. The van der Waals surface area contributed by atoms with E-state index in [-0.39, 0.29) is 5.75 Å². The minimum Gasteiger partial charge on any atom is -0.507 e. The minimum absolute atomic E-state index is 0.194. The molecule has 3 aromatic carbocycles. The monoisotopic (exact) mass is 456 g/mol. The summed E-state index contributed by atoms with van der Waals surface area (Å²) in [6, 6.07) is 17.8. The van der Waals surface area contributed by atoms with Crippen molar-refractivity contribution in [2.45, 2.75) is 13.8 Å². The number of hydrogen-bond acceptors (Lipinski definition) is 6. The number of carbonyl (C=O) groups is 2. The highest BCUT2D eigenvalue weighted by molar-refractivity contribution is 5.91. The lowest BCUT2D eigenvalue weighted by Gasteiger charge is -2.12. The number of ether oxygens (including phenoxy) is 2. The van der Waals surface area contributed by atoms with Gasteiger partial charge in [0, 0.05) is 22.3 Å². The molecule has 4 rings (SSSR count). The zero-order valence-electron chi connectivity index (χ0n) is 19.3. The van der Waals surface area contributed by atoms with E-state index in [0.29, 0.717) is 45.2 Å². The summed E-state index contributed by atoms with van der Waals surface area (Å²) in [4.78, 5) is 29.1. The fourth-order valence-corrected chi connectivity index (χ4v) is 3.90. The quantitative estimate of drug-likeness (QED) is 0.391. The number of hydrogen-bond donors (Lipinski definition) is 1. The maximum Gasteiger partial charge on any atom is 0.420 e. The van der Waals surface area contributed by atoms with Gasteiger partial charge in [-0.2, -0.15) is 0 Å². The second-order valence-corrected chi connectivity index (χ2v) is 7.87. The van der Waals surface area contributed by atoms with Crippen molar-refractivity contribution in [2.24, 2.45) is 0 Å².